The van der Waals surface area contributed by atoms with Gasteiger partial charge in [0.1, 0.15) is 19.8 Å². The summed E-state index contributed by atoms with van der Waals surface area (Å²) in [5.74, 6) is -4.87. The standard InChI is InChI=1S/C18H15F3N2O4/c1-10(24)23(11-2-5-14-15(8-11)27-7-6-26-14)9-16(25)22-13-4-3-12(19)17(20)18(13)21/h2-5,8H,6-7,9H2,1H3,(H,22,25). The molecule has 1 heterocycles. The zero-order valence-corrected chi connectivity index (χ0v) is 14.2. The van der Waals surface area contributed by atoms with Gasteiger partial charge in [-0.15, -0.1) is 0 Å². The van der Waals surface area contributed by atoms with Gasteiger partial charge >= 0.3 is 0 Å². The Morgan fingerprint density at radius 2 is 1.74 bits per heavy atom. The van der Waals surface area contributed by atoms with Gasteiger partial charge in [0.25, 0.3) is 0 Å². The first-order chi connectivity index (χ1) is 12.9. The number of amides is 2. The van der Waals surface area contributed by atoms with Crippen molar-refractivity contribution >= 4 is 23.2 Å². The van der Waals surface area contributed by atoms with Crippen molar-refractivity contribution in [3.05, 3.63) is 47.8 Å². The van der Waals surface area contributed by atoms with Crippen molar-refractivity contribution in [2.24, 2.45) is 0 Å². The highest BCUT2D eigenvalue weighted by Gasteiger charge is 2.21. The molecule has 27 heavy (non-hydrogen) atoms. The van der Waals surface area contributed by atoms with Crippen LogP contribution in [0, 0.1) is 17.5 Å². The summed E-state index contributed by atoms with van der Waals surface area (Å²) in [6, 6.07) is 6.31. The van der Waals surface area contributed by atoms with Gasteiger partial charge in [-0.25, -0.2) is 13.2 Å². The molecule has 0 radical (unpaired) electrons. The molecular weight excluding hydrogens is 365 g/mol. The molecule has 0 bridgehead atoms. The summed E-state index contributed by atoms with van der Waals surface area (Å²) in [6.45, 7) is 1.55. The Hall–Kier alpha value is -3.23. The zero-order valence-electron chi connectivity index (χ0n) is 14.2. The normalized spacial score (nSPS) is 12.4. The van der Waals surface area contributed by atoms with Crippen LogP contribution in [0.25, 0.3) is 0 Å². The van der Waals surface area contributed by atoms with Crippen LogP contribution in [-0.4, -0.2) is 31.6 Å². The second-order valence-corrected chi connectivity index (χ2v) is 5.70. The van der Waals surface area contributed by atoms with Crippen LogP contribution in [-0.2, 0) is 9.59 Å². The van der Waals surface area contributed by atoms with Crippen LogP contribution in [0.3, 0.4) is 0 Å². The van der Waals surface area contributed by atoms with Crippen LogP contribution in [0.5, 0.6) is 11.5 Å². The molecule has 1 aliphatic rings. The van der Waals surface area contributed by atoms with E-state index in [1.165, 1.54) is 6.92 Å². The number of anilines is 2. The highest BCUT2D eigenvalue weighted by Crippen LogP contribution is 2.34. The SMILES string of the molecule is CC(=O)N(CC(=O)Nc1ccc(F)c(F)c1F)c1ccc2c(c1)OCCO2. The Kier molecular flexibility index (Phi) is 5.20. The molecule has 0 spiro atoms. The van der Waals surface area contributed by atoms with Gasteiger partial charge in [0.2, 0.25) is 11.8 Å². The third kappa shape index (κ3) is 3.97. The molecule has 9 heteroatoms. The molecule has 0 unspecified atom stereocenters. The summed E-state index contributed by atoms with van der Waals surface area (Å²) >= 11 is 0. The van der Waals surface area contributed by atoms with Crippen molar-refractivity contribution in [1.29, 1.82) is 0 Å². The van der Waals surface area contributed by atoms with Crippen molar-refractivity contribution in [3.8, 4) is 11.5 Å². The summed E-state index contributed by atoms with van der Waals surface area (Å²) in [6.07, 6.45) is 0. The quantitative estimate of drug-likeness (QED) is 0.829. The number of carbonyl (C=O) groups is 2. The molecule has 1 N–H and O–H groups in total. The van der Waals surface area contributed by atoms with Crippen molar-refractivity contribution in [2.75, 3.05) is 30.0 Å². The second-order valence-electron chi connectivity index (χ2n) is 5.70. The van der Waals surface area contributed by atoms with Gasteiger partial charge in [-0.2, -0.15) is 0 Å². The number of hydrogen-bond acceptors (Lipinski definition) is 4. The minimum absolute atomic E-state index is 0.354. The van der Waals surface area contributed by atoms with E-state index in [9.17, 15) is 22.8 Å². The fourth-order valence-electron chi connectivity index (χ4n) is 2.54. The van der Waals surface area contributed by atoms with Gasteiger partial charge in [0.15, 0.2) is 29.0 Å². The minimum Gasteiger partial charge on any atom is -0.486 e. The van der Waals surface area contributed by atoms with Gasteiger partial charge in [-0.05, 0) is 24.3 Å². The van der Waals surface area contributed by atoms with E-state index in [-0.39, 0.29) is 0 Å². The lowest BCUT2D eigenvalue weighted by atomic mass is 10.2. The predicted octanol–water partition coefficient (Wildman–Crippen LogP) is 2.87. The first kappa shape index (κ1) is 18.6. The lowest BCUT2D eigenvalue weighted by molar-refractivity contribution is -0.120. The number of fused-ring (bicyclic) bond motifs is 1. The first-order valence-corrected chi connectivity index (χ1v) is 7.98. The third-order valence-electron chi connectivity index (χ3n) is 3.83. The van der Waals surface area contributed by atoms with E-state index in [1.54, 1.807) is 18.2 Å². The number of halogens is 3. The van der Waals surface area contributed by atoms with Crippen molar-refractivity contribution < 1.29 is 32.2 Å². The monoisotopic (exact) mass is 380 g/mol. The van der Waals surface area contributed by atoms with Crippen LogP contribution in [0.4, 0.5) is 24.5 Å². The average Bonchev–Trinajstić information content (AvgIpc) is 2.66. The van der Waals surface area contributed by atoms with Crippen LogP contribution >= 0.6 is 0 Å². The van der Waals surface area contributed by atoms with Gasteiger partial charge in [-0.1, -0.05) is 0 Å². The highest BCUT2D eigenvalue weighted by molar-refractivity contribution is 6.02. The molecule has 6 nitrogen and oxygen atoms in total. The van der Waals surface area contributed by atoms with Crippen molar-refractivity contribution in [2.45, 2.75) is 6.92 Å². The molecule has 1 aliphatic heterocycles. The van der Waals surface area contributed by atoms with E-state index in [0.29, 0.717) is 36.5 Å². The highest BCUT2D eigenvalue weighted by atomic mass is 19.2. The second kappa shape index (κ2) is 7.56. The topological polar surface area (TPSA) is 67.9 Å². The molecule has 0 saturated carbocycles. The van der Waals surface area contributed by atoms with E-state index in [1.807, 2.05) is 0 Å². The Balaban J connectivity index is 1.78. The number of nitrogens with zero attached hydrogens (tertiary/aromatic N) is 1. The third-order valence-corrected chi connectivity index (χ3v) is 3.83. The Labute approximate surface area is 152 Å². The summed E-state index contributed by atoms with van der Waals surface area (Å²) in [5.41, 5.74) is -0.155. The van der Waals surface area contributed by atoms with E-state index >= 15 is 0 Å². The van der Waals surface area contributed by atoms with Crippen LogP contribution in [0.2, 0.25) is 0 Å². The summed E-state index contributed by atoms with van der Waals surface area (Å²) in [5, 5.41) is 2.13. The molecule has 3 rings (SSSR count). The predicted molar refractivity (Wildman–Crippen MR) is 90.4 cm³/mol. The zero-order chi connectivity index (χ0) is 19.6. The van der Waals surface area contributed by atoms with E-state index < -0.39 is 41.5 Å². The maximum atomic E-state index is 13.7. The summed E-state index contributed by atoms with van der Waals surface area (Å²) in [4.78, 5) is 25.3. The van der Waals surface area contributed by atoms with Gasteiger partial charge < -0.3 is 19.7 Å². The van der Waals surface area contributed by atoms with Gasteiger partial charge in [-0.3, -0.25) is 9.59 Å². The number of rotatable bonds is 4. The molecule has 2 aromatic carbocycles. The Morgan fingerprint density at radius 3 is 2.44 bits per heavy atom. The fourth-order valence-corrected chi connectivity index (χ4v) is 2.54. The molecule has 2 amide bonds. The van der Waals surface area contributed by atoms with E-state index in [0.717, 1.165) is 11.0 Å². The number of carbonyl (C=O) groups excluding carboxylic acids is 2. The molecule has 142 valence electrons. The lowest BCUT2D eigenvalue weighted by Gasteiger charge is -2.24. The van der Waals surface area contributed by atoms with Crippen LogP contribution in [0.1, 0.15) is 6.92 Å². The summed E-state index contributed by atoms with van der Waals surface area (Å²) in [7, 11) is 0. The smallest absolute Gasteiger partial charge is 0.244 e. The molecular formula is C18H15F3N2O4. The number of ether oxygens (including phenoxy) is 2. The number of nitrogens with one attached hydrogen (secondary N) is 1. The molecule has 0 saturated heterocycles. The summed E-state index contributed by atoms with van der Waals surface area (Å²) < 4.78 is 50.8. The van der Waals surface area contributed by atoms with Crippen molar-refractivity contribution in [1.82, 2.24) is 0 Å². The maximum Gasteiger partial charge on any atom is 0.244 e. The van der Waals surface area contributed by atoms with Crippen LogP contribution in [0.15, 0.2) is 30.3 Å². The number of hydrogen-bond donors (Lipinski definition) is 1. The molecule has 0 fully saturated rings. The minimum atomic E-state index is -1.69. The Morgan fingerprint density at radius 1 is 1.04 bits per heavy atom. The lowest BCUT2D eigenvalue weighted by Crippen LogP contribution is -2.37. The molecule has 0 aromatic heterocycles. The molecule has 2 aromatic rings. The van der Waals surface area contributed by atoms with E-state index in [2.05, 4.69) is 5.32 Å². The Bertz CT molecular complexity index is 904. The van der Waals surface area contributed by atoms with E-state index in [4.69, 9.17) is 9.47 Å². The average molecular weight is 380 g/mol. The van der Waals surface area contributed by atoms with Gasteiger partial charge in [0, 0.05) is 18.7 Å². The molecule has 0 atom stereocenters. The number of benzene rings is 2. The largest absolute Gasteiger partial charge is 0.486 e. The van der Waals surface area contributed by atoms with Gasteiger partial charge in [0.05, 0.1) is 5.69 Å². The fraction of sp³-hybridized carbons (Fsp3) is 0.222. The van der Waals surface area contributed by atoms with Crippen LogP contribution < -0.4 is 19.7 Å². The maximum absolute atomic E-state index is 13.7. The van der Waals surface area contributed by atoms with Crippen molar-refractivity contribution in [3.63, 3.8) is 0 Å². The first-order valence-electron chi connectivity index (χ1n) is 7.98. The molecule has 0 aliphatic carbocycles.